The highest BCUT2D eigenvalue weighted by Gasteiger charge is 2.59. The van der Waals surface area contributed by atoms with Crippen LogP contribution in [-0.2, 0) is 9.53 Å². The maximum Gasteiger partial charge on any atom is 0.455 e. The summed E-state index contributed by atoms with van der Waals surface area (Å²) in [6, 6.07) is 0. The molecule has 0 saturated carbocycles. The summed E-state index contributed by atoms with van der Waals surface area (Å²) in [5.74, 6) is -4.87. The minimum atomic E-state index is -5.03. The average molecular weight is 231 g/mol. The number of carbonyl (C=O) groups excluding carboxylic acids is 1. The molecule has 0 aromatic rings. The molecule has 0 amide bonds. The van der Waals surface area contributed by atoms with Crippen LogP contribution in [0.3, 0.4) is 0 Å². The van der Waals surface area contributed by atoms with Gasteiger partial charge in [0.25, 0.3) is 0 Å². The largest absolute Gasteiger partial charge is 0.456 e. The lowest BCUT2D eigenvalue weighted by atomic mass is 10.1. The van der Waals surface area contributed by atoms with Crippen LogP contribution in [0.5, 0.6) is 0 Å². The van der Waals surface area contributed by atoms with Gasteiger partial charge in [-0.2, -0.15) is 13.2 Å². The Morgan fingerprint density at radius 2 is 2.07 bits per heavy atom. The van der Waals surface area contributed by atoms with Crippen molar-refractivity contribution in [2.24, 2.45) is 0 Å². The first-order chi connectivity index (χ1) is 6.17. The number of Topliss-reactive ketones (excluding diaryl/α,β-unsaturated/α-hetero) is 1. The number of alkyl halides is 3. The monoisotopic (exact) mass is 230 g/mol. The Hall–Kier alpha value is -0.750. The van der Waals surface area contributed by atoms with E-state index in [9.17, 15) is 18.0 Å². The Balaban J connectivity index is 3.07. The molecule has 7 heteroatoms. The smallest absolute Gasteiger partial charge is 0.455 e. The molecule has 1 atom stereocenters. The number of halogens is 4. The number of hydrogen-bond acceptors (Lipinski definition) is 3. The number of hydrogen-bond donors (Lipinski definition) is 1. The Morgan fingerprint density at radius 3 is 2.43 bits per heavy atom. The van der Waals surface area contributed by atoms with Gasteiger partial charge >= 0.3 is 12.0 Å². The van der Waals surface area contributed by atoms with Crippen molar-refractivity contribution < 1.29 is 27.8 Å². The van der Waals surface area contributed by atoms with Crippen LogP contribution < -0.4 is 0 Å². The van der Waals surface area contributed by atoms with Gasteiger partial charge in [-0.3, -0.25) is 4.79 Å². The van der Waals surface area contributed by atoms with Crippen LogP contribution in [0.1, 0.15) is 13.3 Å². The van der Waals surface area contributed by atoms with E-state index in [1.165, 1.54) is 0 Å². The molecule has 1 rings (SSSR count). The molecule has 3 nitrogen and oxygen atoms in total. The molecule has 1 N–H and O–H groups in total. The summed E-state index contributed by atoms with van der Waals surface area (Å²) in [6.07, 6.45) is -6.24. The van der Waals surface area contributed by atoms with Crippen LogP contribution in [-0.4, -0.2) is 22.9 Å². The SMILES string of the molecule is CC1=C(Cl)C(=O)CC(O)(C(F)(F)F)O1. The van der Waals surface area contributed by atoms with Crippen LogP contribution in [0.4, 0.5) is 13.2 Å². The van der Waals surface area contributed by atoms with E-state index in [1.54, 1.807) is 0 Å². The molecular weight excluding hydrogens is 225 g/mol. The van der Waals surface area contributed by atoms with Crippen LogP contribution >= 0.6 is 11.6 Å². The first-order valence-corrected chi connectivity index (χ1v) is 3.93. The van der Waals surface area contributed by atoms with E-state index in [0.29, 0.717) is 0 Å². The van der Waals surface area contributed by atoms with E-state index >= 15 is 0 Å². The molecule has 0 spiro atoms. The first kappa shape index (κ1) is 11.3. The van der Waals surface area contributed by atoms with E-state index in [-0.39, 0.29) is 0 Å². The summed E-state index contributed by atoms with van der Waals surface area (Å²) >= 11 is 5.32. The molecule has 1 aliphatic rings. The Bertz CT molecular complexity index is 310. The fourth-order valence-corrected chi connectivity index (χ4v) is 1.09. The number of rotatable bonds is 0. The van der Waals surface area contributed by atoms with Crippen molar-refractivity contribution in [1.82, 2.24) is 0 Å². The fourth-order valence-electron chi connectivity index (χ4n) is 0.984. The predicted molar refractivity (Wildman–Crippen MR) is 40.3 cm³/mol. The molecular formula is C7H6ClF3O3. The number of aliphatic hydroxyl groups is 1. The standard InChI is InChI=1S/C7H6ClF3O3/c1-3-5(8)4(12)2-6(13,14-3)7(9,10)11/h13H,2H2,1H3. The molecule has 0 fully saturated rings. The van der Waals surface area contributed by atoms with E-state index in [1.807, 2.05) is 0 Å². The second-order valence-electron chi connectivity index (χ2n) is 2.85. The molecule has 0 aromatic carbocycles. The summed E-state index contributed by atoms with van der Waals surface area (Å²) in [5, 5.41) is 8.59. The van der Waals surface area contributed by atoms with Crippen LogP contribution in [0, 0.1) is 0 Å². The zero-order valence-electron chi connectivity index (χ0n) is 6.98. The normalized spacial score (nSPS) is 29.1. The lowest BCUT2D eigenvalue weighted by molar-refractivity contribution is -0.354. The third-order valence-electron chi connectivity index (χ3n) is 1.72. The molecule has 80 valence electrons. The lowest BCUT2D eigenvalue weighted by Crippen LogP contribution is -2.50. The van der Waals surface area contributed by atoms with Crippen molar-refractivity contribution in [3.8, 4) is 0 Å². The quantitative estimate of drug-likeness (QED) is 0.689. The van der Waals surface area contributed by atoms with Crippen LogP contribution in [0.2, 0.25) is 0 Å². The third-order valence-corrected chi connectivity index (χ3v) is 2.20. The van der Waals surface area contributed by atoms with Crippen molar-refractivity contribution >= 4 is 17.4 Å². The van der Waals surface area contributed by atoms with Crippen molar-refractivity contribution in [3.05, 3.63) is 10.8 Å². The molecule has 14 heavy (non-hydrogen) atoms. The average Bonchev–Trinajstić information content (AvgIpc) is 1.98. The summed E-state index contributed by atoms with van der Waals surface area (Å²) in [6.45, 7) is 1.08. The van der Waals surface area contributed by atoms with Crippen molar-refractivity contribution in [2.45, 2.75) is 25.3 Å². The van der Waals surface area contributed by atoms with E-state index < -0.39 is 35.0 Å². The van der Waals surface area contributed by atoms with Gasteiger partial charge in [-0.15, -0.1) is 0 Å². The Labute approximate surface area is 82.1 Å². The highest BCUT2D eigenvalue weighted by Crippen LogP contribution is 2.40. The van der Waals surface area contributed by atoms with Gasteiger partial charge in [0, 0.05) is 0 Å². The Morgan fingerprint density at radius 1 is 1.57 bits per heavy atom. The van der Waals surface area contributed by atoms with Gasteiger partial charge < -0.3 is 9.84 Å². The molecule has 1 heterocycles. The predicted octanol–water partition coefficient (Wildman–Crippen LogP) is 1.70. The number of allylic oxidation sites excluding steroid dienone is 2. The second kappa shape index (κ2) is 3.13. The number of ketones is 1. The maximum atomic E-state index is 12.2. The van der Waals surface area contributed by atoms with Gasteiger partial charge in [0.1, 0.15) is 10.8 Å². The molecule has 0 aromatic heterocycles. The van der Waals surface area contributed by atoms with Gasteiger partial charge in [-0.1, -0.05) is 11.6 Å². The molecule has 1 unspecified atom stereocenters. The minimum absolute atomic E-state index is 0.418. The second-order valence-corrected chi connectivity index (χ2v) is 3.23. The highest BCUT2D eigenvalue weighted by atomic mass is 35.5. The molecule has 0 bridgehead atoms. The zero-order valence-corrected chi connectivity index (χ0v) is 7.74. The van der Waals surface area contributed by atoms with Gasteiger partial charge in [0.15, 0.2) is 5.78 Å². The number of carbonyl (C=O) groups is 1. The zero-order chi connectivity index (χ0) is 11.1. The lowest BCUT2D eigenvalue weighted by Gasteiger charge is -2.33. The first-order valence-electron chi connectivity index (χ1n) is 3.55. The summed E-state index contributed by atoms with van der Waals surface area (Å²) in [5.41, 5.74) is 0. The van der Waals surface area contributed by atoms with Gasteiger partial charge in [-0.25, -0.2) is 0 Å². The molecule has 0 saturated heterocycles. The molecule has 0 aliphatic carbocycles. The van der Waals surface area contributed by atoms with Gasteiger partial charge in [0.05, 0.1) is 6.42 Å². The van der Waals surface area contributed by atoms with E-state index in [0.717, 1.165) is 6.92 Å². The van der Waals surface area contributed by atoms with Crippen LogP contribution in [0.15, 0.2) is 10.8 Å². The highest BCUT2D eigenvalue weighted by molar-refractivity contribution is 6.43. The van der Waals surface area contributed by atoms with Crippen molar-refractivity contribution in [3.63, 3.8) is 0 Å². The summed E-state index contributed by atoms with van der Waals surface area (Å²) in [4.78, 5) is 10.9. The van der Waals surface area contributed by atoms with Crippen molar-refractivity contribution in [1.29, 1.82) is 0 Å². The third kappa shape index (κ3) is 1.72. The fraction of sp³-hybridized carbons (Fsp3) is 0.571. The maximum absolute atomic E-state index is 12.2. The summed E-state index contributed by atoms with van der Waals surface area (Å²) in [7, 11) is 0. The van der Waals surface area contributed by atoms with Crippen LogP contribution in [0.25, 0.3) is 0 Å². The minimum Gasteiger partial charge on any atom is -0.456 e. The molecule has 0 radical (unpaired) electrons. The number of ether oxygens (including phenoxy) is 1. The van der Waals surface area contributed by atoms with Gasteiger partial charge in [0.2, 0.25) is 0 Å². The molecule has 1 aliphatic heterocycles. The van der Waals surface area contributed by atoms with Gasteiger partial charge in [-0.05, 0) is 6.92 Å². The van der Waals surface area contributed by atoms with E-state index in [4.69, 9.17) is 16.7 Å². The topological polar surface area (TPSA) is 46.5 Å². The Kier molecular flexibility index (Phi) is 2.53. The van der Waals surface area contributed by atoms with Crippen molar-refractivity contribution in [2.75, 3.05) is 0 Å². The summed E-state index contributed by atoms with van der Waals surface area (Å²) < 4.78 is 40.8. The van der Waals surface area contributed by atoms with E-state index in [2.05, 4.69) is 4.74 Å².